The van der Waals surface area contributed by atoms with E-state index in [0.717, 1.165) is 32.1 Å². The number of hydrogen-bond acceptors (Lipinski definition) is 5. The third-order valence-corrected chi connectivity index (χ3v) is 6.09. The minimum atomic E-state index is -1.34. The Morgan fingerprint density at radius 2 is 1.76 bits per heavy atom. The molecule has 9 heteroatoms. The molecule has 9 nitrogen and oxygen atoms in total. The van der Waals surface area contributed by atoms with Gasteiger partial charge in [-0.15, -0.1) is 6.42 Å². The Kier molecular flexibility index (Phi) is 10.5. The van der Waals surface area contributed by atoms with Crippen LogP contribution in [0.5, 0.6) is 0 Å². The molecule has 202 valence electrons. The fraction of sp³-hybridized carbons (Fsp3) is 0.571. The minimum Gasteiger partial charge on any atom is -0.444 e. The van der Waals surface area contributed by atoms with Crippen LogP contribution in [-0.4, -0.2) is 52.4 Å². The average Bonchev–Trinajstić information content (AvgIpc) is 2.80. The lowest BCUT2D eigenvalue weighted by Gasteiger charge is -2.38. The molecule has 0 aliphatic heterocycles. The summed E-state index contributed by atoms with van der Waals surface area (Å²) < 4.78 is 5.29. The SMILES string of the molecule is C#Cc1ccccc1C(C(=O)NC1CCCCC1)N(C(=O)C(CC(N)=O)NC(=O)OC(C)(C)C)C(C)C. The monoisotopic (exact) mass is 512 g/mol. The predicted molar refractivity (Wildman–Crippen MR) is 141 cm³/mol. The summed E-state index contributed by atoms with van der Waals surface area (Å²) in [5.74, 6) is 0.806. The second-order valence-electron chi connectivity index (χ2n) is 10.7. The molecule has 1 fully saturated rings. The number of rotatable bonds is 9. The number of alkyl carbamates (subject to hydrolysis) is 1. The van der Waals surface area contributed by atoms with Crippen LogP contribution in [0.3, 0.4) is 0 Å². The maximum absolute atomic E-state index is 13.9. The zero-order valence-corrected chi connectivity index (χ0v) is 22.5. The molecule has 4 N–H and O–H groups in total. The van der Waals surface area contributed by atoms with E-state index in [4.69, 9.17) is 16.9 Å². The molecule has 0 radical (unpaired) electrons. The first-order valence-electron chi connectivity index (χ1n) is 12.8. The zero-order chi connectivity index (χ0) is 27.8. The van der Waals surface area contributed by atoms with Crippen molar-refractivity contribution in [3.05, 3.63) is 35.4 Å². The Balaban J connectivity index is 2.51. The van der Waals surface area contributed by atoms with Gasteiger partial charge in [-0.1, -0.05) is 43.4 Å². The molecule has 0 saturated heterocycles. The molecule has 0 heterocycles. The number of hydrogen-bond donors (Lipinski definition) is 3. The summed E-state index contributed by atoms with van der Waals surface area (Å²) in [6.45, 7) is 8.55. The van der Waals surface area contributed by atoms with Crippen LogP contribution >= 0.6 is 0 Å². The van der Waals surface area contributed by atoms with Crippen molar-refractivity contribution in [3.63, 3.8) is 0 Å². The van der Waals surface area contributed by atoms with Gasteiger partial charge in [0.25, 0.3) is 0 Å². The van der Waals surface area contributed by atoms with Gasteiger partial charge in [-0.25, -0.2) is 4.79 Å². The Morgan fingerprint density at radius 1 is 1.14 bits per heavy atom. The summed E-state index contributed by atoms with van der Waals surface area (Å²) in [6, 6.07) is 4.02. The molecule has 0 spiro atoms. The molecular formula is C28H40N4O5. The smallest absolute Gasteiger partial charge is 0.408 e. The lowest BCUT2D eigenvalue weighted by Crippen LogP contribution is -2.56. The lowest BCUT2D eigenvalue weighted by molar-refractivity contribution is -0.145. The molecular weight excluding hydrogens is 472 g/mol. The van der Waals surface area contributed by atoms with Crippen LogP contribution in [0.4, 0.5) is 4.79 Å². The second kappa shape index (κ2) is 13.1. The van der Waals surface area contributed by atoms with Gasteiger partial charge < -0.3 is 26.0 Å². The van der Waals surface area contributed by atoms with Crippen molar-refractivity contribution in [2.24, 2.45) is 5.73 Å². The van der Waals surface area contributed by atoms with Crippen LogP contribution in [0.2, 0.25) is 0 Å². The van der Waals surface area contributed by atoms with Crippen LogP contribution in [0.1, 0.15) is 90.3 Å². The van der Waals surface area contributed by atoms with E-state index in [1.54, 1.807) is 58.9 Å². The van der Waals surface area contributed by atoms with Crippen LogP contribution in [-0.2, 0) is 19.1 Å². The summed E-state index contributed by atoms with van der Waals surface area (Å²) >= 11 is 0. The second-order valence-corrected chi connectivity index (χ2v) is 10.7. The fourth-order valence-electron chi connectivity index (χ4n) is 4.52. The number of nitrogens with one attached hydrogen (secondary N) is 2. The number of nitrogens with zero attached hydrogens (tertiary/aromatic N) is 1. The molecule has 1 aromatic rings. The summed E-state index contributed by atoms with van der Waals surface area (Å²) in [5.41, 5.74) is 5.55. The third kappa shape index (κ3) is 8.81. The van der Waals surface area contributed by atoms with Crippen molar-refractivity contribution >= 4 is 23.8 Å². The highest BCUT2D eigenvalue weighted by Crippen LogP contribution is 2.29. The number of terminal acetylenes is 1. The van der Waals surface area contributed by atoms with Crippen LogP contribution in [0, 0.1) is 12.3 Å². The molecule has 0 bridgehead atoms. The first-order chi connectivity index (χ1) is 17.3. The van der Waals surface area contributed by atoms with Gasteiger partial charge in [-0.05, 0) is 59.1 Å². The van der Waals surface area contributed by atoms with E-state index >= 15 is 0 Å². The van der Waals surface area contributed by atoms with Crippen molar-refractivity contribution in [1.29, 1.82) is 0 Å². The van der Waals surface area contributed by atoms with Crippen LogP contribution < -0.4 is 16.4 Å². The van der Waals surface area contributed by atoms with Gasteiger partial charge in [0.2, 0.25) is 17.7 Å². The molecule has 1 aliphatic carbocycles. The Labute approximate surface area is 219 Å². The molecule has 1 saturated carbocycles. The zero-order valence-electron chi connectivity index (χ0n) is 22.5. The number of nitrogens with two attached hydrogens (primary N) is 1. The molecule has 2 unspecified atom stereocenters. The first kappa shape index (κ1) is 29.7. The average molecular weight is 513 g/mol. The Morgan fingerprint density at radius 3 is 2.30 bits per heavy atom. The lowest BCUT2D eigenvalue weighted by atomic mass is 9.93. The standard InChI is InChI=1S/C28H40N4O5/c1-7-19-13-11-12-16-21(19)24(25(34)30-20-14-9-8-10-15-20)32(18(2)3)26(35)22(17-23(29)33)31-27(36)37-28(4,5)6/h1,11-13,16,18,20,22,24H,8-10,14-15,17H2,2-6H3,(H2,29,33)(H,30,34)(H,31,36). The highest BCUT2D eigenvalue weighted by molar-refractivity contribution is 5.95. The topological polar surface area (TPSA) is 131 Å². The Hall–Kier alpha value is -3.54. The molecule has 1 aromatic carbocycles. The van der Waals surface area contributed by atoms with Crippen molar-refractivity contribution in [2.75, 3.05) is 0 Å². The Bertz CT molecular complexity index is 1020. The number of carbonyl (C=O) groups excluding carboxylic acids is 4. The quantitative estimate of drug-likeness (QED) is 0.438. The van der Waals surface area contributed by atoms with Gasteiger partial charge in [0.15, 0.2) is 0 Å². The highest BCUT2D eigenvalue weighted by Gasteiger charge is 2.39. The van der Waals surface area contributed by atoms with Crippen molar-refractivity contribution < 1.29 is 23.9 Å². The maximum atomic E-state index is 13.9. The highest BCUT2D eigenvalue weighted by atomic mass is 16.6. The molecule has 2 rings (SSSR count). The van der Waals surface area contributed by atoms with Gasteiger partial charge in [-0.2, -0.15) is 0 Å². The molecule has 2 atom stereocenters. The van der Waals surface area contributed by atoms with E-state index in [-0.39, 0.29) is 11.9 Å². The van der Waals surface area contributed by atoms with Crippen LogP contribution in [0.25, 0.3) is 0 Å². The van der Waals surface area contributed by atoms with E-state index < -0.39 is 48.1 Å². The number of carbonyl (C=O) groups is 4. The van der Waals surface area contributed by atoms with Gasteiger partial charge in [-0.3, -0.25) is 14.4 Å². The van der Waals surface area contributed by atoms with E-state index in [9.17, 15) is 19.2 Å². The normalized spacial score (nSPS) is 15.7. The maximum Gasteiger partial charge on any atom is 0.408 e. The number of benzene rings is 1. The molecule has 0 aromatic heterocycles. The third-order valence-electron chi connectivity index (χ3n) is 6.09. The van der Waals surface area contributed by atoms with Crippen molar-refractivity contribution in [1.82, 2.24) is 15.5 Å². The van der Waals surface area contributed by atoms with Crippen LogP contribution in [0.15, 0.2) is 24.3 Å². The fourth-order valence-corrected chi connectivity index (χ4v) is 4.52. The molecule has 1 aliphatic rings. The number of amides is 4. The van der Waals surface area contributed by atoms with Crippen molar-refractivity contribution in [2.45, 2.75) is 103 Å². The van der Waals surface area contributed by atoms with E-state index in [2.05, 4.69) is 16.6 Å². The summed E-state index contributed by atoms with van der Waals surface area (Å²) in [5, 5.41) is 5.58. The summed E-state index contributed by atoms with van der Waals surface area (Å²) in [4.78, 5) is 53.5. The van der Waals surface area contributed by atoms with E-state index in [0.29, 0.717) is 11.1 Å². The van der Waals surface area contributed by atoms with Gasteiger partial charge in [0.05, 0.1) is 6.42 Å². The number of primary amides is 1. The van der Waals surface area contributed by atoms with Gasteiger partial charge in [0, 0.05) is 17.6 Å². The van der Waals surface area contributed by atoms with Gasteiger partial charge >= 0.3 is 6.09 Å². The molecule has 4 amide bonds. The number of ether oxygens (including phenoxy) is 1. The van der Waals surface area contributed by atoms with E-state index in [1.165, 1.54) is 4.90 Å². The predicted octanol–water partition coefficient (Wildman–Crippen LogP) is 3.16. The van der Waals surface area contributed by atoms with E-state index in [1.807, 2.05) is 0 Å². The molecule has 37 heavy (non-hydrogen) atoms. The van der Waals surface area contributed by atoms with Gasteiger partial charge in [0.1, 0.15) is 17.7 Å². The largest absolute Gasteiger partial charge is 0.444 e. The first-order valence-corrected chi connectivity index (χ1v) is 12.8. The summed E-state index contributed by atoms with van der Waals surface area (Å²) in [7, 11) is 0. The minimum absolute atomic E-state index is 0.00725. The summed E-state index contributed by atoms with van der Waals surface area (Å²) in [6.07, 6.45) is 9.29. The van der Waals surface area contributed by atoms with Crippen molar-refractivity contribution in [3.8, 4) is 12.3 Å².